The summed E-state index contributed by atoms with van der Waals surface area (Å²) in [7, 11) is 0. The van der Waals surface area contributed by atoms with Crippen LogP contribution in [0.1, 0.15) is 0 Å². The zero-order chi connectivity index (χ0) is 16.6. The normalized spacial score (nSPS) is 11.0. The second-order valence-corrected chi connectivity index (χ2v) is 8.24. The van der Waals surface area contributed by atoms with E-state index < -0.39 is 11.4 Å². The third-order valence-corrected chi connectivity index (χ3v) is 5.91. The molecule has 0 aliphatic rings. The van der Waals surface area contributed by atoms with Gasteiger partial charge in [-0.1, -0.05) is 0 Å². The van der Waals surface area contributed by atoms with Crippen molar-refractivity contribution in [3.05, 3.63) is 70.6 Å². The minimum absolute atomic E-state index is 0.0516. The van der Waals surface area contributed by atoms with Gasteiger partial charge in [-0.3, -0.25) is 0 Å². The Bertz CT molecular complexity index is 971. The first-order chi connectivity index (χ1) is 11.0. The van der Waals surface area contributed by atoms with E-state index in [1.807, 2.05) is 18.2 Å². The van der Waals surface area contributed by atoms with Crippen molar-refractivity contribution in [3.8, 4) is 17.1 Å². The van der Waals surface area contributed by atoms with E-state index in [2.05, 4.69) is 32.6 Å². The fraction of sp³-hybridized carbons (Fsp3) is 0.0667. The number of aromatic hydroxyl groups is 1. The number of alkyl halides is 1. The number of nitrogens with zero attached hydrogens (tertiary/aromatic N) is 2. The van der Waals surface area contributed by atoms with Crippen LogP contribution in [0.4, 0.5) is 0 Å². The summed E-state index contributed by atoms with van der Waals surface area (Å²) >= 11 is 1.95. The van der Waals surface area contributed by atoms with Crippen LogP contribution in [-0.4, -0.2) is 24.4 Å². The van der Waals surface area contributed by atoms with E-state index in [4.69, 9.17) is 0 Å². The molecule has 0 amide bonds. The second-order valence-electron chi connectivity index (χ2n) is 4.67. The Hall–Kier alpha value is -1.56. The molecule has 8 heteroatoms. The topological polar surface area (TPSA) is 80.0 Å². The summed E-state index contributed by atoms with van der Waals surface area (Å²) in [6, 6.07) is 12.1. The van der Waals surface area contributed by atoms with Crippen LogP contribution in [0.15, 0.2) is 52.1 Å². The molecule has 120 valence electrons. The predicted octanol–water partition coefficient (Wildman–Crippen LogP) is -1.48. The standard InChI is InChI=1S/C15H12I2N3O3/c1-17-10-4-7-13(21)12(8-10)20-15(23)19(14(22)18-20)11-5-2-9(16)3-6-11/h2-8,21H,1H3,(H,18,22)/q-1. The van der Waals surface area contributed by atoms with Crippen LogP contribution in [0.2, 0.25) is 0 Å². The van der Waals surface area contributed by atoms with Gasteiger partial charge >= 0.3 is 156 Å². The average Bonchev–Trinajstić information content (AvgIpc) is 2.84. The van der Waals surface area contributed by atoms with Gasteiger partial charge in [-0.25, -0.2) is 0 Å². The van der Waals surface area contributed by atoms with Crippen molar-refractivity contribution in [2.75, 3.05) is 4.93 Å². The number of hydrogen-bond acceptors (Lipinski definition) is 3. The van der Waals surface area contributed by atoms with Gasteiger partial charge in [0.25, 0.3) is 0 Å². The van der Waals surface area contributed by atoms with Crippen molar-refractivity contribution >= 4 is 22.6 Å². The van der Waals surface area contributed by atoms with Crippen molar-refractivity contribution in [3.63, 3.8) is 0 Å². The molecule has 2 N–H and O–H groups in total. The molecule has 23 heavy (non-hydrogen) atoms. The average molecular weight is 536 g/mol. The number of nitrogens with one attached hydrogen (secondary N) is 1. The first-order valence-corrected chi connectivity index (χ1v) is 10.9. The molecule has 2 aromatic carbocycles. The fourth-order valence-electron chi connectivity index (χ4n) is 2.15. The summed E-state index contributed by atoms with van der Waals surface area (Å²) in [5.74, 6) is -0.0516. The number of hydrogen-bond donors (Lipinski definition) is 2. The molecule has 0 bridgehead atoms. The van der Waals surface area contributed by atoms with E-state index >= 15 is 0 Å². The molecule has 3 aromatic rings. The summed E-state index contributed by atoms with van der Waals surface area (Å²) in [5, 5.41) is 12.5. The first kappa shape index (κ1) is 16.3. The van der Waals surface area contributed by atoms with Crippen LogP contribution in [-0.2, 0) is 0 Å². The van der Waals surface area contributed by atoms with Gasteiger partial charge in [0.2, 0.25) is 0 Å². The van der Waals surface area contributed by atoms with Crippen molar-refractivity contribution in [1.29, 1.82) is 0 Å². The molecule has 0 aliphatic heterocycles. The van der Waals surface area contributed by atoms with Crippen molar-refractivity contribution in [2.45, 2.75) is 0 Å². The summed E-state index contributed by atoms with van der Waals surface area (Å²) in [6.45, 7) is 0. The number of aromatic nitrogens is 3. The van der Waals surface area contributed by atoms with Gasteiger partial charge in [-0.15, -0.1) is 0 Å². The molecule has 0 saturated heterocycles. The van der Waals surface area contributed by atoms with Crippen molar-refractivity contribution in [2.24, 2.45) is 0 Å². The Morgan fingerprint density at radius 3 is 2.48 bits per heavy atom. The molecule has 0 fully saturated rings. The zero-order valence-electron chi connectivity index (χ0n) is 12.0. The zero-order valence-corrected chi connectivity index (χ0v) is 16.3. The Balaban J connectivity index is 2.21. The van der Waals surface area contributed by atoms with Crippen LogP contribution in [0.25, 0.3) is 11.4 Å². The summed E-state index contributed by atoms with van der Waals surface area (Å²) in [4.78, 5) is 26.9. The van der Waals surface area contributed by atoms with E-state index in [9.17, 15) is 14.7 Å². The number of H-pyrrole nitrogens is 1. The molecule has 0 spiro atoms. The quantitative estimate of drug-likeness (QED) is 0.317. The maximum atomic E-state index is 12.6. The molecule has 0 saturated carbocycles. The SMILES string of the molecule is C[I-]c1ccc(O)c(-n2[nH]c(=O)n(-c3ccc(I)cc3)c2=O)c1. The molecule has 6 nitrogen and oxygen atoms in total. The summed E-state index contributed by atoms with van der Waals surface area (Å²) in [6.07, 6.45) is 0. The third kappa shape index (κ3) is 3.09. The van der Waals surface area contributed by atoms with Crippen LogP contribution in [0.3, 0.4) is 0 Å². The van der Waals surface area contributed by atoms with Crippen LogP contribution < -0.4 is 32.6 Å². The van der Waals surface area contributed by atoms with Gasteiger partial charge in [0.1, 0.15) is 0 Å². The molecular formula is C15H12I2N3O3-. The van der Waals surface area contributed by atoms with Gasteiger partial charge < -0.3 is 0 Å². The molecular weight excluding hydrogens is 524 g/mol. The predicted molar refractivity (Wildman–Crippen MR) is 91.0 cm³/mol. The molecule has 0 atom stereocenters. The molecule has 0 aliphatic carbocycles. The number of aromatic amines is 1. The monoisotopic (exact) mass is 536 g/mol. The number of phenols is 1. The van der Waals surface area contributed by atoms with E-state index in [1.54, 1.807) is 24.3 Å². The minimum atomic E-state index is -0.549. The Morgan fingerprint density at radius 1 is 1.13 bits per heavy atom. The first-order valence-electron chi connectivity index (χ1n) is 6.54. The number of benzene rings is 2. The van der Waals surface area contributed by atoms with E-state index in [1.165, 1.54) is 0 Å². The Morgan fingerprint density at radius 2 is 1.83 bits per heavy atom. The van der Waals surface area contributed by atoms with Gasteiger partial charge in [0, 0.05) is 0 Å². The Labute approximate surface area is 155 Å². The van der Waals surface area contributed by atoms with Crippen molar-refractivity contribution < 1.29 is 26.3 Å². The molecule has 3 rings (SSSR count). The molecule has 0 unspecified atom stereocenters. The second kappa shape index (κ2) is 6.51. The number of phenolic OH excluding ortho intramolecular Hbond substituents is 1. The van der Waals surface area contributed by atoms with Crippen molar-refractivity contribution in [1.82, 2.24) is 14.3 Å². The van der Waals surface area contributed by atoms with Gasteiger partial charge in [-0.05, 0) is 0 Å². The maximum absolute atomic E-state index is 12.6. The molecule has 0 radical (unpaired) electrons. The van der Waals surface area contributed by atoms with Crippen LogP contribution in [0, 0.1) is 7.14 Å². The number of halogens is 2. The van der Waals surface area contributed by atoms with Crippen LogP contribution in [0.5, 0.6) is 5.75 Å². The summed E-state index contributed by atoms with van der Waals surface area (Å²) < 4.78 is 4.20. The van der Waals surface area contributed by atoms with E-state index in [0.717, 1.165) is 16.4 Å². The van der Waals surface area contributed by atoms with Gasteiger partial charge in [-0.2, -0.15) is 0 Å². The Kier molecular flexibility index (Phi) is 4.62. The van der Waals surface area contributed by atoms with E-state index in [0.29, 0.717) is 5.69 Å². The summed E-state index contributed by atoms with van der Waals surface area (Å²) in [5.41, 5.74) is -0.324. The number of rotatable bonds is 3. The fourth-order valence-corrected chi connectivity index (χ4v) is 3.66. The van der Waals surface area contributed by atoms with Crippen LogP contribution >= 0.6 is 22.6 Å². The third-order valence-electron chi connectivity index (χ3n) is 3.27. The molecule has 1 heterocycles. The van der Waals surface area contributed by atoms with Gasteiger partial charge in [0.15, 0.2) is 0 Å². The van der Waals surface area contributed by atoms with E-state index in [-0.39, 0.29) is 32.6 Å². The van der Waals surface area contributed by atoms with Gasteiger partial charge in [0.05, 0.1) is 0 Å². The molecule has 1 aromatic heterocycles.